The average Bonchev–Trinajstić information content (AvgIpc) is 2.84. The number of aromatic nitrogens is 2. The Morgan fingerprint density at radius 1 is 1.48 bits per heavy atom. The van der Waals surface area contributed by atoms with Crippen LogP contribution < -0.4 is 0 Å². The van der Waals surface area contributed by atoms with E-state index in [1.165, 1.54) is 0 Å². The molecular formula is C14H25N3O3S. The van der Waals surface area contributed by atoms with Crippen LogP contribution in [0, 0.1) is 18.8 Å². The Labute approximate surface area is 127 Å². The number of hydrogen-bond acceptors (Lipinski definition) is 5. The summed E-state index contributed by atoms with van der Waals surface area (Å²) in [6.45, 7) is 6.99. The van der Waals surface area contributed by atoms with Crippen LogP contribution in [0.5, 0.6) is 0 Å². The summed E-state index contributed by atoms with van der Waals surface area (Å²) in [4.78, 5) is 4.21. The summed E-state index contributed by atoms with van der Waals surface area (Å²) < 4.78 is 31.5. The van der Waals surface area contributed by atoms with Crippen molar-refractivity contribution in [1.82, 2.24) is 14.4 Å². The van der Waals surface area contributed by atoms with Crippen LogP contribution in [-0.2, 0) is 16.4 Å². The van der Waals surface area contributed by atoms with Gasteiger partial charge in [-0.15, -0.1) is 0 Å². The van der Waals surface area contributed by atoms with E-state index in [1.807, 2.05) is 13.8 Å². The summed E-state index contributed by atoms with van der Waals surface area (Å²) >= 11 is 0. The zero-order valence-electron chi connectivity index (χ0n) is 13.1. The molecule has 120 valence electrons. The molecule has 2 atom stereocenters. The fourth-order valence-electron chi connectivity index (χ4n) is 2.71. The van der Waals surface area contributed by atoms with E-state index in [-0.39, 0.29) is 17.6 Å². The molecule has 2 heterocycles. The zero-order valence-corrected chi connectivity index (χ0v) is 13.9. The summed E-state index contributed by atoms with van der Waals surface area (Å²) in [7, 11) is -3.15. The minimum Gasteiger partial charge on any atom is -0.340 e. The highest BCUT2D eigenvalue weighted by Crippen LogP contribution is 2.23. The SMILES string of the molecule is CCC(C)CS(=O)(=O)N1CCCC(Cc2noc(C)n2)C1. The third kappa shape index (κ3) is 4.51. The Morgan fingerprint density at radius 3 is 2.86 bits per heavy atom. The topological polar surface area (TPSA) is 76.3 Å². The summed E-state index contributed by atoms with van der Waals surface area (Å²) in [5.74, 6) is 1.97. The van der Waals surface area contributed by atoms with Gasteiger partial charge in [-0.05, 0) is 24.7 Å². The van der Waals surface area contributed by atoms with Gasteiger partial charge in [-0.25, -0.2) is 12.7 Å². The van der Waals surface area contributed by atoms with Gasteiger partial charge in [-0.3, -0.25) is 0 Å². The molecule has 7 heteroatoms. The van der Waals surface area contributed by atoms with Crippen molar-refractivity contribution >= 4 is 10.0 Å². The van der Waals surface area contributed by atoms with E-state index < -0.39 is 10.0 Å². The first-order valence-corrected chi connectivity index (χ1v) is 9.28. The maximum atomic E-state index is 12.4. The van der Waals surface area contributed by atoms with E-state index in [0.717, 1.165) is 19.3 Å². The molecule has 1 aromatic heterocycles. The van der Waals surface area contributed by atoms with Crippen molar-refractivity contribution in [1.29, 1.82) is 0 Å². The van der Waals surface area contributed by atoms with Crippen molar-refractivity contribution < 1.29 is 12.9 Å². The molecule has 1 aromatic rings. The van der Waals surface area contributed by atoms with Crippen LogP contribution in [0.15, 0.2) is 4.52 Å². The lowest BCUT2D eigenvalue weighted by Gasteiger charge is -2.32. The minimum absolute atomic E-state index is 0.204. The molecule has 1 fully saturated rings. The Bertz CT molecular complexity index is 556. The summed E-state index contributed by atoms with van der Waals surface area (Å²) in [5.41, 5.74) is 0. The monoisotopic (exact) mass is 315 g/mol. The molecule has 0 N–H and O–H groups in total. The second-order valence-electron chi connectivity index (χ2n) is 6.09. The van der Waals surface area contributed by atoms with E-state index >= 15 is 0 Å². The van der Waals surface area contributed by atoms with Crippen molar-refractivity contribution in [2.45, 2.75) is 46.5 Å². The molecule has 0 saturated carbocycles. The van der Waals surface area contributed by atoms with Gasteiger partial charge >= 0.3 is 0 Å². The number of sulfonamides is 1. The van der Waals surface area contributed by atoms with E-state index in [0.29, 0.717) is 31.2 Å². The van der Waals surface area contributed by atoms with Crippen LogP contribution in [0.2, 0.25) is 0 Å². The van der Waals surface area contributed by atoms with Gasteiger partial charge in [0.15, 0.2) is 5.82 Å². The lowest BCUT2D eigenvalue weighted by atomic mass is 9.96. The Hall–Kier alpha value is -0.950. The molecule has 0 aliphatic carbocycles. The highest BCUT2D eigenvalue weighted by atomic mass is 32.2. The largest absolute Gasteiger partial charge is 0.340 e. The van der Waals surface area contributed by atoms with E-state index in [9.17, 15) is 8.42 Å². The molecule has 6 nitrogen and oxygen atoms in total. The van der Waals surface area contributed by atoms with E-state index in [2.05, 4.69) is 10.1 Å². The number of nitrogens with zero attached hydrogens (tertiary/aromatic N) is 3. The van der Waals surface area contributed by atoms with Gasteiger partial charge < -0.3 is 4.52 Å². The molecule has 0 spiro atoms. The van der Waals surface area contributed by atoms with E-state index in [4.69, 9.17) is 4.52 Å². The van der Waals surface area contributed by atoms with Crippen molar-refractivity contribution in [3.63, 3.8) is 0 Å². The van der Waals surface area contributed by atoms with Gasteiger partial charge in [0.25, 0.3) is 0 Å². The van der Waals surface area contributed by atoms with Gasteiger partial charge in [0, 0.05) is 26.4 Å². The first-order chi connectivity index (χ1) is 9.90. The van der Waals surface area contributed by atoms with Crippen molar-refractivity contribution in [3.05, 3.63) is 11.7 Å². The lowest BCUT2D eigenvalue weighted by Crippen LogP contribution is -2.42. The van der Waals surface area contributed by atoms with Gasteiger partial charge in [0.1, 0.15) is 0 Å². The third-order valence-corrected chi connectivity index (χ3v) is 6.22. The first kappa shape index (κ1) is 16.4. The maximum absolute atomic E-state index is 12.4. The molecule has 1 aliphatic heterocycles. The van der Waals surface area contributed by atoms with Crippen molar-refractivity contribution in [2.75, 3.05) is 18.8 Å². The van der Waals surface area contributed by atoms with Crippen LogP contribution in [0.25, 0.3) is 0 Å². The Balaban J connectivity index is 1.96. The quantitative estimate of drug-likeness (QED) is 0.802. The molecule has 2 rings (SSSR count). The predicted octanol–water partition coefficient (Wildman–Crippen LogP) is 2.01. The molecule has 0 amide bonds. The number of piperidine rings is 1. The highest BCUT2D eigenvalue weighted by Gasteiger charge is 2.30. The fourth-order valence-corrected chi connectivity index (χ4v) is 4.72. The second-order valence-corrected chi connectivity index (χ2v) is 8.11. The van der Waals surface area contributed by atoms with Crippen molar-refractivity contribution in [2.24, 2.45) is 11.8 Å². The molecule has 0 aromatic carbocycles. The minimum atomic E-state index is -3.15. The lowest BCUT2D eigenvalue weighted by molar-refractivity contribution is 0.259. The fraction of sp³-hybridized carbons (Fsp3) is 0.857. The third-order valence-electron chi connectivity index (χ3n) is 4.11. The maximum Gasteiger partial charge on any atom is 0.223 e. The molecule has 21 heavy (non-hydrogen) atoms. The zero-order chi connectivity index (χ0) is 15.5. The summed E-state index contributed by atoms with van der Waals surface area (Å²) in [6, 6.07) is 0. The van der Waals surface area contributed by atoms with Crippen LogP contribution in [-0.4, -0.2) is 41.7 Å². The smallest absolute Gasteiger partial charge is 0.223 e. The molecule has 2 unspecified atom stereocenters. The number of aryl methyl sites for hydroxylation is 1. The van der Waals surface area contributed by atoms with Crippen LogP contribution in [0.1, 0.15) is 44.8 Å². The molecule has 1 aliphatic rings. The van der Waals surface area contributed by atoms with Crippen molar-refractivity contribution in [3.8, 4) is 0 Å². The summed E-state index contributed by atoms with van der Waals surface area (Å²) in [5, 5.41) is 3.90. The standard InChI is InChI=1S/C14H25N3O3S/c1-4-11(2)10-21(18,19)17-7-5-6-13(9-17)8-14-15-12(3)20-16-14/h11,13H,4-10H2,1-3H3. The molecule has 0 bridgehead atoms. The number of rotatable bonds is 6. The van der Waals surface area contributed by atoms with Crippen LogP contribution >= 0.6 is 0 Å². The summed E-state index contributed by atoms with van der Waals surface area (Å²) in [6.07, 6.45) is 3.50. The normalized spacial score (nSPS) is 22.3. The average molecular weight is 315 g/mol. The Morgan fingerprint density at radius 2 is 2.24 bits per heavy atom. The highest BCUT2D eigenvalue weighted by molar-refractivity contribution is 7.89. The Kier molecular flexibility index (Phi) is 5.37. The first-order valence-electron chi connectivity index (χ1n) is 7.67. The molecule has 1 saturated heterocycles. The predicted molar refractivity (Wildman–Crippen MR) is 80.3 cm³/mol. The van der Waals surface area contributed by atoms with Crippen LogP contribution in [0.3, 0.4) is 0 Å². The van der Waals surface area contributed by atoms with Crippen LogP contribution in [0.4, 0.5) is 0 Å². The van der Waals surface area contributed by atoms with Gasteiger partial charge in [-0.2, -0.15) is 4.98 Å². The molecule has 0 radical (unpaired) electrons. The van der Waals surface area contributed by atoms with Gasteiger partial charge in [-0.1, -0.05) is 25.4 Å². The molecular weight excluding hydrogens is 290 g/mol. The van der Waals surface area contributed by atoms with Gasteiger partial charge in [0.2, 0.25) is 15.9 Å². The van der Waals surface area contributed by atoms with E-state index in [1.54, 1.807) is 11.2 Å². The van der Waals surface area contributed by atoms with Gasteiger partial charge in [0.05, 0.1) is 5.75 Å². The number of hydrogen-bond donors (Lipinski definition) is 0. The second kappa shape index (κ2) is 6.87.